The fourth-order valence-corrected chi connectivity index (χ4v) is 3.76. The van der Waals surface area contributed by atoms with Gasteiger partial charge in [-0.15, -0.1) is 0 Å². The highest BCUT2D eigenvalue weighted by Crippen LogP contribution is 2.43. The summed E-state index contributed by atoms with van der Waals surface area (Å²) in [6.07, 6.45) is 7.95. The second kappa shape index (κ2) is 5.27. The lowest BCUT2D eigenvalue weighted by Gasteiger charge is -2.40. The molecule has 1 aromatic rings. The first-order valence-corrected chi connectivity index (χ1v) is 8.23. The first-order valence-electron chi connectivity index (χ1n) is 7.11. The van der Waals surface area contributed by atoms with Gasteiger partial charge in [-0.3, -0.25) is 4.79 Å². The molecule has 0 unspecified atom stereocenters. The van der Waals surface area contributed by atoms with Gasteiger partial charge in [-0.25, -0.2) is 4.68 Å². The Hall–Kier alpha value is -0.840. The lowest BCUT2D eigenvalue weighted by atomic mass is 9.70. The lowest BCUT2D eigenvalue weighted by Crippen LogP contribution is -2.40. The Balaban J connectivity index is 1.78. The van der Waals surface area contributed by atoms with E-state index >= 15 is 0 Å². The van der Waals surface area contributed by atoms with E-state index in [1.165, 1.54) is 32.1 Å². The van der Waals surface area contributed by atoms with Crippen molar-refractivity contribution in [1.29, 1.82) is 0 Å². The molecular formula is C14H20BrN3O. The van der Waals surface area contributed by atoms with Crippen LogP contribution < -0.4 is 10.5 Å². The predicted molar refractivity (Wildman–Crippen MR) is 80.0 cm³/mol. The Bertz CT molecular complexity index is 498. The number of hydrogen-bond donors (Lipinski definition) is 0. The standard InChI is InChI=1S/C14H20BrN3O/c15-10-14(4-3-5-14)11-18-13(19)8-12(9-16-18)17-6-1-2-7-17/h8-9H,1-7,10-11H2. The molecule has 4 nitrogen and oxygen atoms in total. The Morgan fingerprint density at radius 1 is 1.26 bits per heavy atom. The van der Waals surface area contributed by atoms with Crippen LogP contribution in [0.15, 0.2) is 17.1 Å². The van der Waals surface area contributed by atoms with E-state index in [0.717, 1.165) is 30.7 Å². The van der Waals surface area contributed by atoms with Gasteiger partial charge in [-0.05, 0) is 31.1 Å². The Labute approximate surface area is 121 Å². The molecule has 3 rings (SSSR count). The maximum atomic E-state index is 12.2. The second-order valence-electron chi connectivity index (χ2n) is 5.89. The monoisotopic (exact) mass is 325 g/mol. The van der Waals surface area contributed by atoms with E-state index in [1.54, 1.807) is 10.7 Å². The summed E-state index contributed by atoms with van der Waals surface area (Å²) in [5.74, 6) is 0. The van der Waals surface area contributed by atoms with Gasteiger partial charge in [0.15, 0.2) is 0 Å². The smallest absolute Gasteiger partial charge is 0.268 e. The third-order valence-corrected chi connectivity index (χ3v) is 5.70. The van der Waals surface area contributed by atoms with Crippen LogP contribution in [0.25, 0.3) is 0 Å². The molecule has 104 valence electrons. The SMILES string of the molecule is O=c1cc(N2CCCC2)cnn1CC1(CBr)CCC1. The maximum Gasteiger partial charge on any atom is 0.268 e. The molecule has 1 saturated carbocycles. The van der Waals surface area contributed by atoms with Gasteiger partial charge in [0, 0.05) is 24.5 Å². The van der Waals surface area contributed by atoms with Crippen molar-refractivity contribution in [2.24, 2.45) is 5.41 Å². The number of halogens is 1. The van der Waals surface area contributed by atoms with Crippen LogP contribution in [0, 0.1) is 5.41 Å². The molecule has 0 spiro atoms. The van der Waals surface area contributed by atoms with Crippen molar-refractivity contribution in [3.63, 3.8) is 0 Å². The highest BCUT2D eigenvalue weighted by molar-refractivity contribution is 9.09. The van der Waals surface area contributed by atoms with E-state index in [1.807, 2.05) is 6.20 Å². The van der Waals surface area contributed by atoms with Crippen LogP contribution in [0.1, 0.15) is 32.1 Å². The highest BCUT2D eigenvalue weighted by atomic mass is 79.9. The molecule has 1 saturated heterocycles. The molecule has 19 heavy (non-hydrogen) atoms. The van der Waals surface area contributed by atoms with Gasteiger partial charge in [0.25, 0.3) is 5.56 Å². The quantitative estimate of drug-likeness (QED) is 0.798. The molecule has 2 aliphatic rings. The van der Waals surface area contributed by atoms with E-state index in [4.69, 9.17) is 0 Å². The maximum absolute atomic E-state index is 12.2. The van der Waals surface area contributed by atoms with Crippen molar-refractivity contribution in [2.45, 2.75) is 38.6 Å². The van der Waals surface area contributed by atoms with E-state index in [2.05, 4.69) is 25.9 Å². The van der Waals surface area contributed by atoms with Crippen molar-refractivity contribution >= 4 is 21.6 Å². The zero-order chi connectivity index (χ0) is 13.3. The van der Waals surface area contributed by atoms with Gasteiger partial charge < -0.3 is 4.90 Å². The molecule has 0 amide bonds. The molecule has 0 N–H and O–H groups in total. The number of nitrogens with zero attached hydrogens (tertiary/aromatic N) is 3. The molecule has 0 atom stereocenters. The van der Waals surface area contributed by atoms with Gasteiger partial charge in [-0.2, -0.15) is 5.10 Å². The van der Waals surface area contributed by atoms with Gasteiger partial charge in [0.05, 0.1) is 18.4 Å². The predicted octanol–water partition coefficient (Wildman–Crippen LogP) is 2.41. The molecule has 2 heterocycles. The third-order valence-electron chi connectivity index (χ3n) is 4.51. The van der Waals surface area contributed by atoms with Gasteiger partial charge in [-0.1, -0.05) is 22.4 Å². The van der Waals surface area contributed by atoms with Crippen molar-refractivity contribution in [1.82, 2.24) is 9.78 Å². The Morgan fingerprint density at radius 2 is 2.00 bits per heavy atom. The normalized spacial score (nSPS) is 21.4. The first kappa shape index (κ1) is 13.2. The zero-order valence-corrected chi connectivity index (χ0v) is 12.7. The van der Waals surface area contributed by atoms with Crippen LogP contribution in [0.5, 0.6) is 0 Å². The Morgan fingerprint density at radius 3 is 2.53 bits per heavy atom. The van der Waals surface area contributed by atoms with Crippen LogP contribution in [0.3, 0.4) is 0 Å². The molecule has 5 heteroatoms. The van der Waals surface area contributed by atoms with E-state index in [0.29, 0.717) is 0 Å². The third kappa shape index (κ3) is 2.57. The molecular weight excluding hydrogens is 306 g/mol. The van der Waals surface area contributed by atoms with Crippen molar-refractivity contribution in [3.8, 4) is 0 Å². The number of aromatic nitrogens is 2. The average molecular weight is 326 g/mol. The molecule has 1 aliphatic carbocycles. The summed E-state index contributed by atoms with van der Waals surface area (Å²) in [6, 6.07) is 1.75. The summed E-state index contributed by atoms with van der Waals surface area (Å²) in [6.45, 7) is 2.85. The number of hydrogen-bond acceptors (Lipinski definition) is 3. The summed E-state index contributed by atoms with van der Waals surface area (Å²) >= 11 is 3.58. The zero-order valence-electron chi connectivity index (χ0n) is 11.1. The highest BCUT2D eigenvalue weighted by Gasteiger charge is 2.36. The van der Waals surface area contributed by atoms with Crippen LogP contribution in [0.2, 0.25) is 0 Å². The minimum atomic E-state index is 0.0385. The number of anilines is 1. The molecule has 1 aromatic heterocycles. The fourth-order valence-electron chi connectivity index (χ4n) is 3.02. The summed E-state index contributed by atoms with van der Waals surface area (Å²) in [5.41, 5.74) is 1.28. The largest absolute Gasteiger partial charge is 0.370 e. The van der Waals surface area contributed by atoms with Gasteiger partial charge >= 0.3 is 0 Å². The molecule has 2 fully saturated rings. The molecule has 0 aromatic carbocycles. The van der Waals surface area contributed by atoms with Crippen LogP contribution in [0.4, 0.5) is 5.69 Å². The average Bonchev–Trinajstić information content (AvgIpc) is 2.89. The minimum absolute atomic E-state index is 0.0385. The van der Waals surface area contributed by atoms with Crippen LogP contribution in [-0.4, -0.2) is 28.2 Å². The summed E-state index contributed by atoms with van der Waals surface area (Å²) in [7, 11) is 0. The summed E-state index contributed by atoms with van der Waals surface area (Å²) in [4.78, 5) is 14.4. The number of alkyl halides is 1. The summed E-state index contributed by atoms with van der Waals surface area (Å²) in [5, 5.41) is 5.34. The molecule has 0 radical (unpaired) electrons. The lowest BCUT2D eigenvalue weighted by molar-refractivity contribution is 0.131. The van der Waals surface area contributed by atoms with Crippen molar-refractivity contribution < 1.29 is 0 Å². The van der Waals surface area contributed by atoms with E-state index in [9.17, 15) is 4.79 Å². The van der Waals surface area contributed by atoms with Gasteiger partial charge in [0.1, 0.15) is 0 Å². The molecule has 1 aliphatic heterocycles. The minimum Gasteiger partial charge on any atom is -0.370 e. The fraction of sp³-hybridized carbons (Fsp3) is 0.714. The van der Waals surface area contributed by atoms with Crippen LogP contribution >= 0.6 is 15.9 Å². The number of rotatable bonds is 4. The Kier molecular flexibility index (Phi) is 3.65. The van der Waals surface area contributed by atoms with Gasteiger partial charge in [0.2, 0.25) is 0 Å². The summed E-state index contributed by atoms with van der Waals surface area (Å²) < 4.78 is 1.64. The first-order chi connectivity index (χ1) is 9.22. The van der Waals surface area contributed by atoms with E-state index < -0.39 is 0 Å². The molecule has 0 bridgehead atoms. The topological polar surface area (TPSA) is 38.1 Å². The van der Waals surface area contributed by atoms with Crippen molar-refractivity contribution in [3.05, 3.63) is 22.6 Å². The second-order valence-corrected chi connectivity index (χ2v) is 6.45. The van der Waals surface area contributed by atoms with Crippen molar-refractivity contribution in [2.75, 3.05) is 23.3 Å². The van der Waals surface area contributed by atoms with E-state index in [-0.39, 0.29) is 11.0 Å². The van der Waals surface area contributed by atoms with Crippen LogP contribution in [-0.2, 0) is 6.54 Å².